The van der Waals surface area contributed by atoms with Crippen LogP contribution in [0.25, 0.3) is 0 Å². The number of amides is 1. The first-order valence-electron chi connectivity index (χ1n) is 6.21. The van der Waals surface area contributed by atoms with Crippen LogP contribution in [-0.4, -0.2) is 17.4 Å². The van der Waals surface area contributed by atoms with E-state index in [9.17, 15) is 9.18 Å². The fourth-order valence-electron chi connectivity index (χ4n) is 1.93. The molecule has 21 heavy (non-hydrogen) atoms. The molecular weight excluding hydrogens is 291 g/mol. The van der Waals surface area contributed by atoms with Crippen LogP contribution < -0.4 is 10.8 Å². The summed E-state index contributed by atoms with van der Waals surface area (Å²) in [7, 11) is 0. The Morgan fingerprint density at radius 1 is 1.19 bits per heavy atom. The number of benzene rings is 2. The molecule has 2 rings (SSSR count). The number of carbonyl (C=O) groups is 1. The van der Waals surface area contributed by atoms with Crippen molar-refractivity contribution in [3.05, 3.63) is 53.3 Å². The zero-order valence-electron chi connectivity index (χ0n) is 11.6. The van der Waals surface area contributed by atoms with E-state index >= 15 is 0 Å². The second-order valence-corrected chi connectivity index (χ2v) is 5.32. The van der Waals surface area contributed by atoms with Crippen LogP contribution in [0.5, 0.6) is 0 Å². The summed E-state index contributed by atoms with van der Waals surface area (Å²) in [5.41, 5.74) is 3.75. The molecule has 0 aliphatic carbocycles. The minimum Gasteiger partial charge on any atom is -0.355 e. The number of halogens is 1. The maximum absolute atomic E-state index is 13.4. The van der Waals surface area contributed by atoms with Gasteiger partial charge in [0, 0.05) is 10.6 Å². The molecule has 0 saturated heterocycles. The number of hydroxylamine groups is 1. The molecule has 0 aromatic heterocycles. The molecule has 6 heteroatoms. The summed E-state index contributed by atoms with van der Waals surface area (Å²) >= 11 is 1.63. The first-order chi connectivity index (χ1) is 10.0. The predicted octanol–water partition coefficient (Wildman–Crippen LogP) is 3.72. The monoisotopic (exact) mass is 306 g/mol. The molecule has 0 bridgehead atoms. The number of hydrogen-bond donors (Lipinski definition) is 3. The molecule has 0 radical (unpaired) electrons. The Hall–Kier alpha value is -2.05. The van der Waals surface area contributed by atoms with E-state index in [1.54, 1.807) is 17.2 Å². The van der Waals surface area contributed by atoms with Crippen molar-refractivity contribution in [2.45, 2.75) is 11.8 Å². The van der Waals surface area contributed by atoms with Gasteiger partial charge in [-0.15, -0.1) is 11.8 Å². The van der Waals surface area contributed by atoms with Gasteiger partial charge in [-0.25, -0.2) is 9.87 Å². The molecule has 3 N–H and O–H groups in total. The van der Waals surface area contributed by atoms with Crippen molar-refractivity contribution >= 4 is 29.0 Å². The summed E-state index contributed by atoms with van der Waals surface area (Å²) in [5.74, 6) is -1.17. The maximum atomic E-state index is 13.4. The van der Waals surface area contributed by atoms with Crippen molar-refractivity contribution in [1.82, 2.24) is 5.48 Å². The van der Waals surface area contributed by atoms with Crippen LogP contribution in [0.3, 0.4) is 0 Å². The lowest BCUT2D eigenvalue weighted by Crippen LogP contribution is -2.20. The second-order valence-electron chi connectivity index (χ2n) is 4.44. The zero-order valence-corrected chi connectivity index (χ0v) is 12.4. The standard InChI is InChI=1S/C15H15FN2O2S/c1-9-7-11(21-2)4-6-13(9)17-14-8-10(16)3-5-12(14)15(19)18-20/h3-8,17,20H,1-2H3,(H,18,19). The minimum absolute atomic E-state index is 0.159. The van der Waals surface area contributed by atoms with Crippen molar-refractivity contribution in [3.63, 3.8) is 0 Å². The van der Waals surface area contributed by atoms with E-state index in [0.29, 0.717) is 5.69 Å². The summed E-state index contributed by atoms with van der Waals surface area (Å²) in [5, 5.41) is 11.8. The van der Waals surface area contributed by atoms with Crippen molar-refractivity contribution in [2.24, 2.45) is 0 Å². The number of anilines is 2. The summed E-state index contributed by atoms with van der Waals surface area (Å²) in [4.78, 5) is 12.7. The topological polar surface area (TPSA) is 61.4 Å². The van der Waals surface area contributed by atoms with E-state index in [-0.39, 0.29) is 5.56 Å². The number of nitrogens with one attached hydrogen (secondary N) is 2. The van der Waals surface area contributed by atoms with Gasteiger partial charge in [-0.2, -0.15) is 0 Å². The first kappa shape index (κ1) is 15.3. The highest BCUT2D eigenvalue weighted by atomic mass is 32.2. The second kappa shape index (κ2) is 6.60. The Labute approximate surface area is 126 Å². The van der Waals surface area contributed by atoms with Crippen LogP contribution in [-0.2, 0) is 0 Å². The number of aryl methyl sites for hydroxylation is 1. The third-order valence-corrected chi connectivity index (χ3v) is 3.76. The molecule has 2 aromatic carbocycles. The Morgan fingerprint density at radius 2 is 1.95 bits per heavy atom. The molecule has 4 nitrogen and oxygen atoms in total. The van der Waals surface area contributed by atoms with Gasteiger partial charge in [0.1, 0.15) is 5.82 Å². The van der Waals surface area contributed by atoms with E-state index in [1.165, 1.54) is 18.2 Å². The summed E-state index contributed by atoms with van der Waals surface area (Å²) < 4.78 is 13.4. The van der Waals surface area contributed by atoms with Crippen molar-refractivity contribution < 1.29 is 14.4 Å². The lowest BCUT2D eigenvalue weighted by Gasteiger charge is -2.13. The average molecular weight is 306 g/mol. The Kier molecular flexibility index (Phi) is 4.82. The van der Waals surface area contributed by atoms with Gasteiger partial charge >= 0.3 is 0 Å². The van der Waals surface area contributed by atoms with Crippen LogP contribution in [0.4, 0.5) is 15.8 Å². The fourth-order valence-corrected chi connectivity index (χ4v) is 2.43. The number of hydrogen-bond acceptors (Lipinski definition) is 4. The SMILES string of the molecule is CSc1ccc(Nc2cc(F)ccc2C(=O)NO)c(C)c1. The van der Waals surface area contributed by atoms with E-state index in [2.05, 4.69) is 5.32 Å². The van der Waals surface area contributed by atoms with Crippen LogP contribution >= 0.6 is 11.8 Å². The Morgan fingerprint density at radius 3 is 2.57 bits per heavy atom. The number of thioether (sulfide) groups is 1. The highest BCUT2D eigenvalue weighted by molar-refractivity contribution is 7.98. The molecule has 0 aliphatic heterocycles. The quantitative estimate of drug-likeness (QED) is 0.458. The Bertz CT molecular complexity index is 677. The summed E-state index contributed by atoms with van der Waals surface area (Å²) in [6, 6.07) is 9.50. The van der Waals surface area contributed by atoms with Crippen LogP contribution in [0.15, 0.2) is 41.3 Å². The molecule has 0 heterocycles. The zero-order chi connectivity index (χ0) is 15.4. The lowest BCUT2D eigenvalue weighted by molar-refractivity contribution is 0.0707. The largest absolute Gasteiger partial charge is 0.355 e. The molecule has 0 aliphatic rings. The van der Waals surface area contributed by atoms with Crippen LogP contribution in [0, 0.1) is 12.7 Å². The van der Waals surface area contributed by atoms with Gasteiger partial charge in [-0.3, -0.25) is 10.0 Å². The number of rotatable bonds is 4. The van der Waals surface area contributed by atoms with E-state index in [4.69, 9.17) is 5.21 Å². The normalized spacial score (nSPS) is 10.3. The maximum Gasteiger partial charge on any atom is 0.276 e. The first-order valence-corrected chi connectivity index (χ1v) is 7.43. The van der Waals surface area contributed by atoms with Gasteiger partial charge in [0.05, 0.1) is 11.3 Å². The van der Waals surface area contributed by atoms with Crippen molar-refractivity contribution in [1.29, 1.82) is 0 Å². The highest BCUT2D eigenvalue weighted by Crippen LogP contribution is 2.27. The van der Waals surface area contributed by atoms with Gasteiger partial charge in [0.2, 0.25) is 0 Å². The number of carbonyl (C=O) groups excluding carboxylic acids is 1. The summed E-state index contributed by atoms with van der Waals surface area (Å²) in [6.45, 7) is 1.92. The average Bonchev–Trinajstić information content (AvgIpc) is 2.48. The molecule has 0 atom stereocenters. The highest BCUT2D eigenvalue weighted by Gasteiger charge is 2.12. The molecule has 0 fully saturated rings. The third-order valence-electron chi connectivity index (χ3n) is 3.03. The molecule has 0 unspecified atom stereocenters. The summed E-state index contributed by atoms with van der Waals surface area (Å²) in [6.07, 6.45) is 1.98. The Balaban J connectivity index is 2.39. The van der Waals surface area contributed by atoms with Gasteiger partial charge in [0.25, 0.3) is 5.91 Å². The van der Waals surface area contributed by atoms with Gasteiger partial charge in [-0.05, 0) is 55.1 Å². The fraction of sp³-hybridized carbons (Fsp3) is 0.133. The third kappa shape index (κ3) is 3.53. The van der Waals surface area contributed by atoms with E-state index < -0.39 is 11.7 Å². The van der Waals surface area contributed by atoms with Crippen molar-refractivity contribution in [2.75, 3.05) is 11.6 Å². The van der Waals surface area contributed by atoms with Crippen molar-refractivity contribution in [3.8, 4) is 0 Å². The minimum atomic E-state index is -0.698. The predicted molar refractivity (Wildman–Crippen MR) is 81.9 cm³/mol. The lowest BCUT2D eigenvalue weighted by atomic mass is 10.1. The van der Waals surface area contributed by atoms with Crippen LogP contribution in [0.1, 0.15) is 15.9 Å². The molecule has 0 saturated carbocycles. The molecule has 2 aromatic rings. The molecule has 110 valence electrons. The molecular formula is C15H15FN2O2S. The molecule has 1 amide bonds. The van der Waals surface area contributed by atoms with Crippen LogP contribution in [0.2, 0.25) is 0 Å². The van der Waals surface area contributed by atoms with Gasteiger partial charge in [-0.1, -0.05) is 0 Å². The molecule has 0 spiro atoms. The van der Waals surface area contributed by atoms with E-state index in [0.717, 1.165) is 16.1 Å². The van der Waals surface area contributed by atoms with Gasteiger partial charge in [0.15, 0.2) is 0 Å². The van der Waals surface area contributed by atoms with E-state index in [1.807, 2.05) is 31.4 Å². The van der Waals surface area contributed by atoms with Gasteiger partial charge < -0.3 is 5.32 Å². The smallest absolute Gasteiger partial charge is 0.276 e.